The molecule has 1 aliphatic carbocycles. The molecule has 4 rings (SSSR count). The standard InChI is InChI=1S/C23H24N2O4/c1-28-22(26)16-8-6-15(7-9-16)12-17-14-24-21-11-10-18(13-20(17)21)25-23(27)29-19-4-2-3-5-19/h6-11,13-14,19,24H,2-5,12H2,1H3,(H,25,27). The normalized spacial score (nSPS) is 14.1. The summed E-state index contributed by atoms with van der Waals surface area (Å²) in [7, 11) is 1.37. The number of aromatic amines is 1. The summed E-state index contributed by atoms with van der Waals surface area (Å²) in [5.41, 5.74) is 4.43. The lowest BCUT2D eigenvalue weighted by atomic mass is 10.0. The van der Waals surface area contributed by atoms with Gasteiger partial charge in [0.15, 0.2) is 0 Å². The molecule has 1 heterocycles. The van der Waals surface area contributed by atoms with Crippen LogP contribution in [0.15, 0.2) is 48.7 Å². The Hall–Kier alpha value is -3.28. The summed E-state index contributed by atoms with van der Waals surface area (Å²) in [5, 5.41) is 3.88. The summed E-state index contributed by atoms with van der Waals surface area (Å²) >= 11 is 0. The minimum atomic E-state index is -0.397. The van der Waals surface area contributed by atoms with E-state index in [1.54, 1.807) is 12.1 Å². The number of rotatable bonds is 5. The first kappa shape index (κ1) is 19.1. The van der Waals surface area contributed by atoms with Crippen LogP contribution in [0.3, 0.4) is 0 Å². The van der Waals surface area contributed by atoms with Crippen molar-refractivity contribution < 1.29 is 19.1 Å². The van der Waals surface area contributed by atoms with Gasteiger partial charge in [-0.25, -0.2) is 9.59 Å². The molecule has 6 nitrogen and oxygen atoms in total. The van der Waals surface area contributed by atoms with Crippen molar-refractivity contribution in [1.82, 2.24) is 4.98 Å². The highest BCUT2D eigenvalue weighted by Gasteiger charge is 2.19. The van der Waals surface area contributed by atoms with Crippen LogP contribution in [0.2, 0.25) is 0 Å². The zero-order valence-electron chi connectivity index (χ0n) is 16.4. The van der Waals surface area contributed by atoms with Gasteiger partial charge in [-0.15, -0.1) is 0 Å². The SMILES string of the molecule is COC(=O)c1ccc(Cc2c[nH]c3ccc(NC(=O)OC4CCCC4)cc23)cc1. The van der Waals surface area contributed by atoms with Crippen molar-refractivity contribution in [3.05, 3.63) is 65.4 Å². The van der Waals surface area contributed by atoms with E-state index in [4.69, 9.17) is 9.47 Å². The largest absolute Gasteiger partial charge is 0.465 e. The topological polar surface area (TPSA) is 80.4 Å². The second-order valence-electron chi connectivity index (χ2n) is 7.38. The van der Waals surface area contributed by atoms with Gasteiger partial charge in [-0.2, -0.15) is 0 Å². The summed E-state index contributed by atoms with van der Waals surface area (Å²) in [6.07, 6.45) is 6.46. The molecule has 2 aromatic carbocycles. The number of methoxy groups -OCH3 is 1. The first-order chi connectivity index (χ1) is 14.1. The molecule has 0 unspecified atom stereocenters. The van der Waals surface area contributed by atoms with E-state index in [2.05, 4.69) is 10.3 Å². The molecule has 1 amide bonds. The molecule has 2 N–H and O–H groups in total. The van der Waals surface area contributed by atoms with E-state index in [0.717, 1.165) is 47.7 Å². The molecule has 0 saturated heterocycles. The van der Waals surface area contributed by atoms with Crippen LogP contribution in [0.4, 0.5) is 10.5 Å². The quantitative estimate of drug-likeness (QED) is 0.596. The maximum atomic E-state index is 12.2. The molecular formula is C23H24N2O4. The fourth-order valence-corrected chi connectivity index (χ4v) is 3.80. The summed E-state index contributed by atoms with van der Waals surface area (Å²) in [6, 6.07) is 13.1. The maximum absolute atomic E-state index is 12.2. The van der Waals surface area contributed by atoms with Crippen molar-refractivity contribution >= 4 is 28.7 Å². The molecule has 1 fully saturated rings. The van der Waals surface area contributed by atoms with Crippen molar-refractivity contribution in [3.8, 4) is 0 Å². The number of H-pyrrole nitrogens is 1. The van der Waals surface area contributed by atoms with E-state index >= 15 is 0 Å². The van der Waals surface area contributed by atoms with Gasteiger partial charge in [0.1, 0.15) is 6.10 Å². The molecule has 3 aromatic rings. The van der Waals surface area contributed by atoms with Crippen molar-refractivity contribution in [2.75, 3.05) is 12.4 Å². The number of hydrogen-bond donors (Lipinski definition) is 2. The zero-order valence-corrected chi connectivity index (χ0v) is 16.4. The van der Waals surface area contributed by atoms with Gasteiger partial charge in [0.05, 0.1) is 12.7 Å². The third-order valence-electron chi connectivity index (χ3n) is 5.36. The minimum Gasteiger partial charge on any atom is -0.465 e. The van der Waals surface area contributed by atoms with Crippen LogP contribution in [-0.4, -0.2) is 30.3 Å². The molecule has 0 aliphatic heterocycles. The number of ether oxygens (including phenoxy) is 2. The fourth-order valence-electron chi connectivity index (χ4n) is 3.80. The number of benzene rings is 2. The van der Waals surface area contributed by atoms with Crippen LogP contribution in [0.25, 0.3) is 10.9 Å². The lowest BCUT2D eigenvalue weighted by Gasteiger charge is -2.12. The van der Waals surface area contributed by atoms with Crippen LogP contribution < -0.4 is 5.32 Å². The van der Waals surface area contributed by atoms with Crippen molar-refractivity contribution in [1.29, 1.82) is 0 Å². The number of amides is 1. The van der Waals surface area contributed by atoms with E-state index in [9.17, 15) is 9.59 Å². The highest BCUT2D eigenvalue weighted by atomic mass is 16.6. The lowest BCUT2D eigenvalue weighted by Crippen LogP contribution is -2.20. The second-order valence-corrected chi connectivity index (χ2v) is 7.38. The molecular weight excluding hydrogens is 368 g/mol. The van der Waals surface area contributed by atoms with E-state index in [-0.39, 0.29) is 12.1 Å². The Bertz CT molecular complexity index is 1020. The fraction of sp³-hybridized carbons (Fsp3) is 0.304. The number of fused-ring (bicyclic) bond motifs is 1. The summed E-state index contributed by atoms with van der Waals surface area (Å²) < 4.78 is 10.2. The Balaban J connectivity index is 1.48. The molecule has 0 spiro atoms. The van der Waals surface area contributed by atoms with Crippen LogP contribution in [0.5, 0.6) is 0 Å². The van der Waals surface area contributed by atoms with Gasteiger partial charge in [0, 0.05) is 22.8 Å². The predicted molar refractivity (Wildman–Crippen MR) is 111 cm³/mol. The Morgan fingerprint density at radius 2 is 1.86 bits per heavy atom. The summed E-state index contributed by atoms with van der Waals surface area (Å²) in [4.78, 5) is 27.0. The Kier molecular flexibility index (Phi) is 5.51. The van der Waals surface area contributed by atoms with Crippen molar-refractivity contribution in [3.63, 3.8) is 0 Å². The highest BCUT2D eigenvalue weighted by Crippen LogP contribution is 2.26. The first-order valence-corrected chi connectivity index (χ1v) is 9.87. The van der Waals surface area contributed by atoms with Crippen molar-refractivity contribution in [2.24, 2.45) is 0 Å². The van der Waals surface area contributed by atoms with Gasteiger partial charge < -0.3 is 14.5 Å². The molecule has 1 aromatic heterocycles. The van der Waals surface area contributed by atoms with Crippen LogP contribution in [0.1, 0.15) is 47.2 Å². The van der Waals surface area contributed by atoms with Gasteiger partial charge >= 0.3 is 12.1 Å². The molecule has 1 aliphatic rings. The first-order valence-electron chi connectivity index (χ1n) is 9.87. The minimum absolute atomic E-state index is 0.0366. The number of aromatic nitrogens is 1. The van der Waals surface area contributed by atoms with Gasteiger partial charge in [0.2, 0.25) is 0 Å². The molecule has 150 valence electrons. The van der Waals surface area contributed by atoms with E-state index in [0.29, 0.717) is 17.7 Å². The molecule has 6 heteroatoms. The zero-order chi connectivity index (χ0) is 20.2. The van der Waals surface area contributed by atoms with E-state index in [1.165, 1.54) is 7.11 Å². The van der Waals surface area contributed by atoms with Crippen LogP contribution in [-0.2, 0) is 15.9 Å². The number of hydrogen-bond acceptors (Lipinski definition) is 4. The smallest absolute Gasteiger partial charge is 0.411 e. The van der Waals surface area contributed by atoms with Crippen molar-refractivity contribution in [2.45, 2.75) is 38.2 Å². The summed E-state index contributed by atoms with van der Waals surface area (Å²) in [5.74, 6) is -0.344. The maximum Gasteiger partial charge on any atom is 0.411 e. The van der Waals surface area contributed by atoms with E-state index < -0.39 is 6.09 Å². The second kappa shape index (κ2) is 8.39. The number of anilines is 1. The van der Waals surface area contributed by atoms with Gasteiger partial charge in [0.25, 0.3) is 0 Å². The monoisotopic (exact) mass is 392 g/mol. The predicted octanol–water partition coefficient (Wildman–Crippen LogP) is 5.04. The van der Waals surface area contributed by atoms with E-state index in [1.807, 2.05) is 36.5 Å². The number of carbonyl (C=O) groups is 2. The number of carbonyl (C=O) groups excluding carboxylic acids is 2. The van der Waals surface area contributed by atoms with Gasteiger partial charge in [-0.05, 0) is 73.6 Å². The average molecular weight is 392 g/mol. The molecule has 1 saturated carbocycles. The Labute approximate surface area is 169 Å². The molecule has 29 heavy (non-hydrogen) atoms. The van der Waals surface area contributed by atoms with Crippen LogP contribution >= 0.6 is 0 Å². The third kappa shape index (κ3) is 4.42. The Morgan fingerprint density at radius 1 is 1.10 bits per heavy atom. The number of esters is 1. The molecule has 0 radical (unpaired) electrons. The van der Waals surface area contributed by atoms with Gasteiger partial charge in [-0.3, -0.25) is 5.32 Å². The summed E-state index contributed by atoms with van der Waals surface area (Å²) in [6.45, 7) is 0. The highest BCUT2D eigenvalue weighted by molar-refractivity contribution is 5.92. The molecule has 0 bridgehead atoms. The number of nitrogens with one attached hydrogen (secondary N) is 2. The Morgan fingerprint density at radius 3 is 2.59 bits per heavy atom. The molecule has 0 atom stereocenters. The van der Waals surface area contributed by atoms with Crippen LogP contribution in [0, 0.1) is 0 Å². The van der Waals surface area contributed by atoms with Gasteiger partial charge in [-0.1, -0.05) is 12.1 Å². The lowest BCUT2D eigenvalue weighted by molar-refractivity contribution is 0.0600. The average Bonchev–Trinajstić information content (AvgIpc) is 3.38. The third-order valence-corrected chi connectivity index (χ3v) is 5.36.